The van der Waals surface area contributed by atoms with E-state index in [2.05, 4.69) is 37.4 Å². The van der Waals surface area contributed by atoms with Gasteiger partial charge in [-0.1, -0.05) is 78.7 Å². The average molecular weight is 915 g/mol. The summed E-state index contributed by atoms with van der Waals surface area (Å²) in [7, 11) is 1.52. The molecule has 1 saturated carbocycles. The molecular formula is C55H66N2O10. The summed E-state index contributed by atoms with van der Waals surface area (Å²) < 4.78 is 32.7. The first-order chi connectivity index (χ1) is 32.5. The van der Waals surface area contributed by atoms with Gasteiger partial charge in [0.05, 0.1) is 44.1 Å². The van der Waals surface area contributed by atoms with Crippen LogP contribution in [0.15, 0.2) is 121 Å². The van der Waals surface area contributed by atoms with Gasteiger partial charge in [0.25, 0.3) is 0 Å². The van der Waals surface area contributed by atoms with E-state index in [0.29, 0.717) is 53.5 Å². The van der Waals surface area contributed by atoms with E-state index in [0.717, 1.165) is 59.4 Å². The monoisotopic (exact) mass is 914 g/mol. The lowest BCUT2D eigenvalue weighted by Crippen LogP contribution is -2.70. The normalized spacial score (nSPS) is 22.4. The van der Waals surface area contributed by atoms with E-state index in [-0.39, 0.29) is 57.1 Å². The van der Waals surface area contributed by atoms with Gasteiger partial charge in [-0.3, -0.25) is 9.69 Å². The number of carbonyl (C=O) groups excluding carboxylic acids is 2. The van der Waals surface area contributed by atoms with Gasteiger partial charge in [-0.05, 0) is 123 Å². The van der Waals surface area contributed by atoms with Crippen LogP contribution in [0.3, 0.4) is 0 Å². The minimum absolute atomic E-state index is 0.0131. The molecule has 6 atom stereocenters. The van der Waals surface area contributed by atoms with Crippen molar-refractivity contribution in [1.29, 1.82) is 0 Å². The van der Waals surface area contributed by atoms with Crippen molar-refractivity contribution in [2.24, 2.45) is 22.9 Å². The summed E-state index contributed by atoms with van der Waals surface area (Å²) in [5.41, 5.74) is 3.11. The molecular weight excluding hydrogens is 849 g/mol. The van der Waals surface area contributed by atoms with Crippen molar-refractivity contribution in [3.05, 3.63) is 133 Å². The van der Waals surface area contributed by atoms with Gasteiger partial charge in [0.1, 0.15) is 34.6 Å². The first-order valence-electron chi connectivity index (χ1n) is 23.6. The lowest BCUT2D eigenvalue weighted by atomic mass is 9.55. The molecule has 0 saturated heterocycles. The summed E-state index contributed by atoms with van der Waals surface area (Å²) in [4.78, 5) is 35.1. The number of nitrogens with zero attached hydrogens (tertiary/aromatic N) is 2. The minimum atomic E-state index is -1.51. The molecule has 1 fully saturated rings. The summed E-state index contributed by atoms with van der Waals surface area (Å²) >= 11 is 0. The van der Waals surface area contributed by atoms with E-state index < -0.39 is 29.4 Å². The number of ether oxygens (including phenoxy) is 5. The highest BCUT2D eigenvalue weighted by Gasteiger charge is 2.66. The van der Waals surface area contributed by atoms with Crippen LogP contribution in [0.2, 0.25) is 0 Å². The molecule has 4 aromatic carbocycles. The van der Waals surface area contributed by atoms with Crippen molar-refractivity contribution in [3.8, 4) is 23.0 Å². The third-order valence-corrected chi connectivity index (χ3v) is 13.0. The Balaban J connectivity index is 1.48. The molecule has 1 heterocycles. The van der Waals surface area contributed by atoms with Crippen LogP contribution in [0, 0.1) is 17.8 Å². The lowest BCUT2D eigenvalue weighted by molar-refractivity contribution is -0.256. The molecule has 4 aromatic rings. The first-order valence-corrected chi connectivity index (χ1v) is 23.6. The Morgan fingerprint density at radius 2 is 1.69 bits per heavy atom. The highest BCUT2D eigenvalue weighted by atomic mass is 16.7. The van der Waals surface area contributed by atoms with Crippen LogP contribution in [-0.2, 0) is 20.9 Å². The number of allylic oxidation sites excluding steroid dienone is 1. The van der Waals surface area contributed by atoms with E-state index >= 15 is 0 Å². The molecule has 356 valence electrons. The number of carbonyl (C=O) groups is 2. The highest BCUT2D eigenvalue weighted by molar-refractivity contribution is 6.03. The average Bonchev–Trinajstić information content (AvgIpc) is 3.33. The number of unbranched alkanes of at least 4 members (excludes halogenated alkanes) is 2. The molecule has 12 nitrogen and oxygen atoms in total. The van der Waals surface area contributed by atoms with Crippen molar-refractivity contribution < 1.29 is 48.3 Å². The number of fused-ring (bicyclic) bond motifs is 3. The third kappa shape index (κ3) is 10.9. The second-order valence-electron chi connectivity index (χ2n) is 18.6. The molecule has 6 unspecified atom stereocenters. The van der Waals surface area contributed by atoms with Gasteiger partial charge in [-0.25, -0.2) is 4.79 Å². The number of hydrogen-bond acceptors (Lipinski definition) is 11. The summed E-state index contributed by atoms with van der Waals surface area (Å²) in [6.07, 6.45) is 11.0. The number of hydrogen-bond donors (Lipinski definition) is 2. The van der Waals surface area contributed by atoms with Crippen molar-refractivity contribution >= 4 is 28.9 Å². The van der Waals surface area contributed by atoms with Crippen molar-refractivity contribution in [1.82, 2.24) is 4.90 Å². The predicted molar refractivity (Wildman–Crippen MR) is 260 cm³/mol. The summed E-state index contributed by atoms with van der Waals surface area (Å²) in [6, 6.07) is 24.2. The number of amides is 1. The molecule has 12 heteroatoms. The van der Waals surface area contributed by atoms with Crippen LogP contribution < -0.4 is 14.2 Å². The van der Waals surface area contributed by atoms with Crippen molar-refractivity contribution in [2.75, 3.05) is 33.5 Å². The van der Waals surface area contributed by atoms with Gasteiger partial charge in [0, 0.05) is 31.1 Å². The first kappa shape index (κ1) is 49.0. The summed E-state index contributed by atoms with van der Waals surface area (Å²) in [5, 5.41) is 27.1. The van der Waals surface area contributed by atoms with Gasteiger partial charge in [0.15, 0.2) is 6.29 Å². The van der Waals surface area contributed by atoms with E-state index in [1.165, 1.54) is 7.11 Å². The van der Waals surface area contributed by atoms with Gasteiger partial charge < -0.3 is 38.7 Å². The second-order valence-corrected chi connectivity index (χ2v) is 18.6. The van der Waals surface area contributed by atoms with Crippen molar-refractivity contribution in [2.45, 2.75) is 102 Å². The number of methoxy groups -OCH3 is 1. The molecule has 2 N–H and O–H groups in total. The topological polar surface area (TPSA) is 146 Å². The Morgan fingerprint density at radius 1 is 0.940 bits per heavy atom. The molecule has 0 radical (unpaired) electrons. The molecule has 3 aliphatic rings. The molecule has 0 spiro atoms. The fourth-order valence-electron chi connectivity index (χ4n) is 10.1. The molecule has 67 heavy (non-hydrogen) atoms. The zero-order chi connectivity index (χ0) is 47.6. The fraction of sp³-hybridized carbons (Fsp3) is 0.436. The van der Waals surface area contributed by atoms with E-state index in [9.17, 15) is 19.8 Å². The van der Waals surface area contributed by atoms with Gasteiger partial charge in [-0.2, -0.15) is 0 Å². The Hall–Kier alpha value is -5.95. The van der Waals surface area contributed by atoms with Gasteiger partial charge in [-0.15, -0.1) is 13.2 Å². The Morgan fingerprint density at radius 3 is 2.42 bits per heavy atom. The van der Waals surface area contributed by atoms with Crippen LogP contribution in [0.1, 0.15) is 99.5 Å². The zero-order valence-electron chi connectivity index (χ0n) is 39.4. The quantitative estimate of drug-likeness (QED) is 0.0338. The van der Waals surface area contributed by atoms with Crippen LogP contribution in [-0.4, -0.2) is 84.2 Å². The number of aliphatic hydroxyl groups is 2. The Bertz CT molecular complexity index is 2430. The SMILES string of the molecule is C=CCCOC(=O)N(Cc1cccc2ccccc12)C1CC(=NOC(C)(C)C)C2=CC(CCCCO)C(CCCCO)C3c4cc(Oc5ccc(OC)c(C=O)c5)ccc4OC1(OCC=C)C23. The number of aldehydes is 1. The molecule has 7 rings (SSSR count). The fourth-order valence-corrected chi connectivity index (χ4v) is 10.1. The van der Waals surface area contributed by atoms with Gasteiger partial charge >= 0.3 is 6.09 Å². The number of oxime groups is 1. The van der Waals surface area contributed by atoms with Crippen LogP contribution in [0.5, 0.6) is 23.0 Å². The number of benzene rings is 4. The maximum absolute atomic E-state index is 15.0. The Labute approximate surface area is 394 Å². The minimum Gasteiger partial charge on any atom is -0.496 e. The molecule has 0 bridgehead atoms. The van der Waals surface area contributed by atoms with Crippen molar-refractivity contribution in [3.63, 3.8) is 0 Å². The lowest BCUT2D eigenvalue weighted by Gasteiger charge is -2.60. The van der Waals surface area contributed by atoms with E-state index in [1.54, 1.807) is 35.3 Å². The maximum atomic E-state index is 15.0. The van der Waals surface area contributed by atoms with Crippen LogP contribution >= 0.6 is 0 Å². The highest BCUT2D eigenvalue weighted by Crippen LogP contribution is 2.62. The molecule has 2 aliphatic carbocycles. The van der Waals surface area contributed by atoms with E-state index in [4.69, 9.17) is 33.7 Å². The van der Waals surface area contributed by atoms with Crippen LogP contribution in [0.25, 0.3) is 10.8 Å². The second kappa shape index (κ2) is 22.2. The largest absolute Gasteiger partial charge is 0.496 e. The maximum Gasteiger partial charge on any atom is 0.410 e. The molecule has 0 aromatic heterocycles. The standard InChI is InChI=1S/C55H66N2O10/c1-7-9-30-63-53(61)57(35-39-20-16-19-37-17-10-11-21-43(37)39)50-34-47(56-67-54(3,4)5)45-32-38(18-12-14-27-58)44(22-13-15-28-59)51-46-33-42(65-41-23-25-48(62-6)40(31-41)36-60)24-26-49(46)66-55(50,52(45)51)64-29-8-2/h7-8,10-11,16-17,19-21,23-26,31-33,36,38,44,50-52,58-59H,1-2,9,12-15,18,22,27-30,34-35H2,3-6H3. The number of rotatable bonds is 22. The smallest absolute Gasteiger partial charge is 0.410 e. The molecule has 1 aliphatic heterocycles. The summed E-state index contributed by atoms with van der Waals surface area (Å²) in [6.45, 7) is 14.3. The predicted octanol–water partition coefficient (Wildman–Crippen LogP) is 11.1. The third-order valence-electron chi connectivity index (χ3n) is 13.0. The molecule has 1 amide bonds. The summed E-state index contributed by atoms with van der Waals surface area (Å²) in [5.74, 6) is -0.341. The Kier molecular flexibility index (Phi) is 16.2. The van der Waals surface area contributed by atoms with Gasteiger partial charge in [0.2, 0.25) is 5.79 Å². The zero-order valence-corrected chi connectivity index (χ0v) is 39.4. The van der Waals surface area contributed by atoms with Crippen LogP contribution in [0.4, 0.5) is 4.79 Å². The van der Waals surface area contributed by atoms with E-state index in [1.807, 2.05) is 63.2 Å². The number of aliphatic hydroxyl groups excluding tert-OH is 2.